The Balaban J connectivity index is 1.94. The lowest BCUT2D eigenvalue weighted by atomic mass is 10.2. The van der Waals surface area contributed by atoms with E-state index in [1.807, 2.05) is 17.7 Å². The van der Waals surface area contributed by atoms with Gasteiger partial charge in [-0.1, -0.05) is 0 Å². The fourth-order valence-electron chi connectivity index (χ4n) is 2.26. The van der Waals surface area contributed by atoms with Crippen LogP contribution in [0, 0.1) is 12.8 Å². The van der Waals surface area contributed by atoms with E-state index in [9.17, 15) is 9.59 Å². The van der Waals surface area contributed by atoms with E-state index in [4.69, 9.17) is 0 Å². The van der Waals surface area contributed by atoms with Gasteiger partial charge in [0, 0.05) is 26.0 Å². The van der Waals surface area contributed by atoms with Gasteiger partial charge >= 0.3 is 0 Å². The Morgan fingerprint density at radius 2 is 2.20 bits per heavy atom. The van der Waals surface area contributed by atoms with E-state index >= 15 is 0 Å². The van der Waals surface area contributed by atoms with Gasteiger partial charge in [-0.3, -0.25) is 9.59 Å². The summed E-state index contributed by atoms with van der Waals surface area (Å²) in [5, 5.41) is 9.96. The SMILES string of the molecule is CC(=O)NCCC(=O)Nc1cc(C)nn1C(C)C1CC1. The van der Waals surface area contributed by atoms with E-state index in [1.54, 1.807) is 0 Å². The number of anilines is 1. The average Bonchev–Trinajstić information content (AvgIpc) is 3.13. The summed E-state index contributed by atoms with van der Waals surface area (Å²) in [7, 11) is 0. The summed E-state index contributed by atoms with van der Waals surface area (Å²) in [5.74, 6) is 1.18. The zero-order valence-corrected chi connectivity index (χ0v) is 12.3. The number of carbonyl (C=O) groups is 2. The molecular formula is C14H22N4O2. The molecule has 1 fully saturated rings. The number of rotatable bonds is 6. The summed E-state index contributed by atoms with van der Waals surface area (Å²) < 4.78 is 1.91. The molecule has 0 saturated heterocycles. The molecule has 2 rings (SSSR count). The predicted octanol–water partition coefficient (Wildman–Crippen LogP) is 1.63. The van der Waals surface area contributed by atoms with Crippen LogP contribution in [-0.2, 0) is 9.59 Å². The van der Waals surface area contributed by atoms with Crippen LogP contribution in [0.5, 0.6) is 0 Å². The molecule has 0 bridgehead atoms. The van der Waals surface area contributed by atoms with Crippen LogP contribution in [0.3, 0.4) is 0 Å². The number of aromatic nitrogens is 2. The van der Waals surface area contributed by atoms with Crippen molar-refractivity contribution in [2.24, 2.45) is 5.92 Å². The van der Waals surface area contributed by atoms with Crippen LogP contribution in [0.2, 0.25) is 0 Å². The van der Waals surface area contributed by atoms with Gasteiger partial charge in [0.2, 0.25) is 11.8 Å². The lowest BCUT2D eigenvalue weighted by Gasteiger charge is -2.15. The second kappa shape index (κ2) is 6.07. The summed E-state index contributed by atoms with van der Waals surface area (Å²) in [6.45, 7) is 5.85. The van der Waals surface area contributed by atoms with Gasteiger partial charge in [0.15, 0.2) is 0 Å². The van der Waals surface area contributed by atoms with Crippen LogP contribution in [-0.4, -0.2) is 28.1 Å². The van der Waals surface area contributed by atoms with Gasteiger partial charge in [0.05, 0.1) is 11.7 Å². The zero-order valence-electron chi connectivity index (χ0n) is 12.3. The first-order valence-corrected chi connectivity index (χ1v) is 7.08. The molecule has 1 aromatic rings. The van der Waals surface area contributed by atoms with E-state index < -0.39 is 0 Å². The maximum absolute atomic E-state index is 11.9. The number of amides is 2. The van der Waals surface area contributed by atoms with E-state index in [0.29, 0.717) is 18.5 Å². The van der Waals surface area contributed by atoms with Crippen LogP contribution in [0.1, 0.15) is 44.8 Å². The van der Waals surface area contributed by atoms with Crippen molar-refractivity contribution < 1.29 is 9.59 Å². The van der Waals surface area contributed by atoms with Gasteiger partial charge in [0.1, 0.15) is 5.82 Å². The third-order valence-corrected chi connectivity index (χ3v) is 3.54. The lowest BCUT2D eigenvalue weighted by Crippen LogP contribution is -2.26. The third kappa shape index (κ3) is 3.82. The summed E-state index contributed by atoms with van der Waals surface area (Å²) in [6, 6.07) is 2.20. The van der Waals surface area contributed by atoms with Crippen molar-refractivity contribution in [2.75, 3.05) is 11.9 Å². The maximum Gasteiger partial charge on any atom is 0.227 e. The molecule has 1 aromatic heterocycles. The highest BCUT2D eigenvalue weighted by atomic mass is 16.2. The Hall–Kier alpha value is -1.85. The molecule has 0 radical (unpaired) electrons. The topological polar surface area (TPSA) is 76.0 Å². The minimum absolute atomic E-state index is 0.108. The van der Waals surface area contributed by atoms with Gasteiger partial charge in [-0.2, -0.15) is 5.10 Å². The molecule has 1 saturated carbocycles. The molecule has 1 aliphatic rings. The van der Waals surface area contributed by atoms with E-state index in [1.165, 1.54) is 19.8 Å². The van der Waals surface area contributed by atoms with Crippen molar-refractivity contribution in [3.63, 3.8) is 0 Å². The van der Waals surface area contributed by atoms with E-state index in [-0.39, 0.29) is 18.2 Å². The standard InChI is InChI=1S/C14H22N4O2/c1-9-8-13(16-14(20)6-7-15-11(3)19)18(17-9)10(2)12-4-5-12/h8,10,12H,4-7H2,1-3H3,(H,15,19)(H,16,20). The number of carbonyl (C=O) groups excluding carboxylic acids is 2. The van der Waals surface area contributed by atoms with Gasteiger partial charge in [-0.25, -0.2) is 4.68 Å². The molecule has 2 amide bonds. The minimum Gasteiger partial charge on any atom is -0.356 e. The van der Waals surface area contributed by atoms with Crippen LogP contribution >= 0.6 is 0 Å². The van der Waals surface area contributed by atoms with Crippen molar-refractivity contribution in [3.05, 3.63) is 11.8 Å². The van der Waals surface area contributed by atoms with Crippen molar-refractivity contribution in [3.8, 4) is 0 Å². The Bertz CT molecular complexity index is 505. The van der Waals surface area contributed by atoms with Crippen molar-refractivity contribution >= 4 is 17.6 Å². The van der Waals surface area contributed by atoms with Crippen LogP contribution < -0.4 is 10.6 Å². The molecule has 0 aliphatic heterocycles. The highest BCUT2D eigenvalue weighted by Gasteiger charge is 2.31. The van der Waals surface area contributed by atoms with Gasteiger partial charge in [-0.15, -0.1) is 0 Å². The Labute approximate surface area is 118 Å². The van der Waals surface area contributed by atoms with Crippen LogP contribution in [0.4, 0.5) is 5.82 Å². The number of aryl methyl sites for hydroxylation is 1. The summed E-state index contributed by atoms with van der Waals surface area (Å²) in [4.78, 5) is 22.6. The molecule has 6 nitrogen and oxygen atoms in total. The van der Waals surface area contributed by atoms with Gasteiger partial charge in [-0.05, 0) is 32.6 Å². The molecule has 0 aromatic carbocycles. The van der Waals surface area contributed by atoms with Gasteiger partial charge < -0.3 is 10.6 Å². The van der Waals surface area contributed by atoms with Crippen molar-refractivity contribution in [1.29, 1.82) is 0 Å². The molecule has 1 aliphatic carbocycles. The fourth-order valence-corrected chi connectivity index (χ4v) is 2.26. The Kier molecular flexibility index (Phi) is 4.42. The minimum atomic E-state index is -0.124. The molecule has 110 valence electrons. The second-order valence-electron chi connectivity index (χ2n) is 5.47. The number of nitrogens with zero attached hydrogens (tertiary/aromatic N) is 2. The predicted molar refractivity (Wildman–Crippen MR) is 76.3 cm³/mol. The molecule has 2 N–H and O–H groups in total. The monoisotopic (exact) mass is 278 g/mol. The lowest BCUT2D eigenvalue weighted by molar-refractivity contribution is -0.119. The number of hydrogen-bond donors (Lipinski definition) is 2. The summed E-state index contributed by atoms with van der Waals surface area (Å²) in [5.41, 5.74) is 0.898. The first-order valence-electron chi connectivity index (χ1n) is 7.08. The van der Waals surface area contributed by atoms with E-state index in [0.717, 1.165) is 11.5 Å². The zero-order chi connectivity index (χ0) is 14.7. The molecule has 6 heteroatoms. The first-order chi connectivity index (χ1) is 9.47. The smallest absolute Gasteiger partial charge is 0.227 e. The first kappa shape index (κ1) is 14.6. The van der Waals surface area contributed by atoms with Crippen LogP contribution in [0.15, 0.2) is 6.07 Å². The fraction of sp³-hybridized carbons (Fsp3) is 0.643. The maximum atomic E-state index is 11.9. The van der Waals surface area contributed by atoms with Crippen molar-refractivity contribution in [2.45, 2.75) is 46.1 Å². The molecule has 1 heterocycles. The molecule has 20 heavy (non-hydrogen) atoms. The molecular weight excluding hydrogens is 256 g/mol. The highest BCUT2D eigenvalue weighted by Crippen LogP contribution is 2.40. The largest absolute Gasteiger partial charge is 0.356 e. The summed E-state index contributed by atoms with van der Waals surface area (Å²) >= 11 is 0. The quantitative estimate of drug-likeness (QED) is 0.830. The van der Waals surface area contributed by atoms with Crippen molar-refractivity contribution in [1.82, 2.24) is 15.1 Å². The molecule has 1 unspecified atom stereocenters. The normalized spacial score (nSPS) is 15.8. The van der Waals surface area contributed by atoms with E-state index in [2.05, 4.69) is 22.7 Å². The molecule has 0 spiro atoms. The second-order valence-corrected chi connectivity index (χ2v) is 5.47. The van der Waals surface area contributed by atoms with Crippen LogP contribution in [0.25, 0.3) is 0 Å². The Morgan fingerprint density at radius 3 is 2.80 bits per heavy atom. The molecule has 1 atom stereocenters. The summed E-state index contributed by atoms with van der Waals surface area (Å²) in [6.07, 6.45) is 2.73. The third-order valence-electron chi connectivity index (χ3n) is 3.54. The Morgan fingerprint density at radius 1 is 1.50 bits per heavy atom. The highest BCUT2D eigenvalue weighted by molar-refractivity contribution is 5.90. The number of nitrogens with one attached hydrogen (secondary N) is 2. The number of hydrogen-bond acceptors (Lipinski definition) is 3. The van der Waals surface area contributed by atoms with Gasteiger partial charge in [0.25, 0.3) is 0 Å². The average molecular weight is 278 g/mol.